The van der Waals surface area contributed by atoms with Crippen LogP contribution in [0.2, 0.25) is 0 Å². The molecule has 0 spiro atoms. The lowest BCUT2D eigenvalue weighted by molar-refractivity contribution is -0.121. The number of rotatable bonds is 3. The minimum absolute atomic E-state index is 0.0536. The highest BCUT2D eigenvalue weighted by Gasteiger charge is 2.16. The Kier molecular flexibility index (Phi) is 5.58. The summed E-state index contributed by atoms with van der Waals surface area (Å²) in [6.07, 6.45) is 3.29. The summed E-state index contributed by atoms with van der Waals surface area (Å²) in [5.41, 5.74) is 3.66. The van der Waals surface area contributed by atoms with Crippen molar-refractivity contribution in [2.45, 2.75) is 26.4 Å². The lowest BCUT2D eigenvalue weighted by Gasteiger charge is -2.19. The topological polar surface area (TPSA) is 122 Å². The molecule has 3 N–H and O–H groups in total. The van der Waals surface area contributed by atoms with Crippen molar-refractivity contribution >= 4 is 17.9 Å². The second kappa shape index (κ2) is 7.17. The Balaban J connectivity index is 2.29. The lowest BCUT2D eigenvalue weighted by Crippen LogP contribution is -2.47. The predicted molar refractivity (Wildman–Crippen MR) is 71.9 cm³/mol. The number of carbonyl (C=O) groups is 3. The van der Waals surface area contributed by atoms with Crippen LogP contribution in [0.5, 0.6) is 0 Å². The third kappa shape index (κ3) is 6.85. The van der Waals surface area contributed by atoms with Gasteiger partial charge in [-0.3, -0.25) is 25.4 Å². The van der Waals surface area contributed by atoms with E-state index in [1.165, 1.54) is 18.6 Å². The van der Waals surface area contributed by atoms with Gasteiger partial charge in [-0.25, -0.2) is 9.78 Å². The van der Waals surface area contributed by atoms with E-state index < -0.39 is 23.5 Å². The molecule has 1 aromatic rings. The van der Waals surface area contributed by atoms with Crippen LogP contribution >= 0.6 is 0 Å². The highest BCUT2D eigenvalue weighted by Crippen LogP contribution is 2.05. The number of carbonyl (C=O) groups excluding carboxylic acids is 3. The van der Waals surface area contributed by atoms with Crippen LogP contribution in [0, 0.1) is 0 Å². The van der Waals surface area contributed by atoms with E-state index in [2.05, 4.69) is 26.1 Å². The van der Waals surface area contributed by atoms with Gasteiger partial charge in [-0.15, -0.1) is 0 Å². The lowest BCUT2D eigenvalue weighted by atomic mass is 10.2. The summed E-state index contributed by atoms with van der Waals surface area (Å²) in [4.78, 5) is 41.7. The van der Waals surface area contributed by atoms with Gasteiger partial charge >= 0.3 is 6.09 Å². The third-order valence-corrected chi connectivity index (χ3v) is 1.90. The normalized spacial score (nSPS) is 10.4. The molecule has 0 aliphatic carbocycles. The summed E-state index contributed by atoms with van der Waals surface area (Å²) in [6, 6.07) is 0. The van der Waals surface area contributed by atoms with Gasteiger partial charge in [0.15, 0.2) is 0 Å². The van der Waals surface area contributed by atoms with E-state index >= 15 is 0 Å². The van der Waals surface area contributed by atoms with E-state index in [4.69, 9.17) is 4.74 Å². The number of ether oxygens (including phenoxy) is 1. The Morgan fingerprint density at radius 1 is 1.19 bits per heavy atom. The number of hydrogen-bond donors (Lipinski definition) is 3. The van der Waals surface area contributed by atoms with E-state index in [-0.39, 0.29) is 12.2 Å². The first kappa shape index (κ1) is 16.3. The summed E-state index contributed by atoms with van der Waals surface area (Å²) in [5.74, 6) is -1.23. The number of amides is 3. The molecule has 1 heterocycles. The maximum absolute atomic E-state index is 11.5. The molecule has 9 nitrogen and oxygen atoms in total. The molecule has 21 heavy (non-hydrogen) atoms. The van der Waals surface area contributed by atoms with Crippen molar-refractivity contribution in [3.63, 3.8) is 0 Å². The number of nitrogens with zero attached hydrogens (tertiary/aromatic N) is 2. The average Bonchev–Trinajstić information content (AvgIpc) is 2.41. The van der Waals surface area contributed by atoms with Gasteiger partial charge in [-0.1, -0.05) is 0 Å². The molecule has 114 valence electrons. The van der Waals surface area contributed by atoms with Gasteiger partial charge in [0.2, 0.25) is 0 Å². The van der Waals surface area contributed by atoms with E-state index in [1.807, 2.05) is 0 Å². The standard InChI is InChI=1S/C12H17N5O4/c1-12(2,3)21-11(20)15-7-9(18)16-17-10(19)8-6-13-4-5-14-8/h4-6H,7H2,1-3H3,(H,15,20)(H,16,18)(H,17,19). The number of aromatic nitrogens is 2. The molecule has 0 bridgehead atoms. The first-order valence-electron chi connectivity index (χ1n) is 6.10. The van der Waals surface area contributed by atoms with Crippen molar-refractivity contribution in [3.05, 3.63) is 24.3 Å². The van der Waals surface area contributed by atoms with Crippen LogP contribution in [-0.2, 0) is 9.53 Å². The molecular weight excluding hydrogens is 278 g/mol. The van der Waals surface area contributed by atoms with Gasteiger partial charge in [0.25, 0.3) is 11.8 Å². The molecule has 0 atom stereocenters. The zero-order valence-electron chi connectivity index (χ0n) is 12.0. The van der Waals surface area contributed by atoms with Crippen LogP contribution in [0.4, 0.5) is 4.79 Å². The molecule has 0 unspecified atom stereocenters. The molecule has 0 saturated heterocycles. The molecule has 9 heteroatoms. The molecule has 0 saturated carbocycles. The van der Waals surface area contributed by atoms with Gasteiger partial charge in [-0.2, -0.15) is 0 Å². The molecule has 0 aromatic carbocycles. The average molecular weight is 295 g/mol. The van der Waals surface area contributed by atoms with Crippen molar-refractivity contribution in [3.8, 4) is 0 Å². The van der Waals surface area contributed by atoms with Crippen molar-refractivity contribution in [1.82, 2.24) is 26.1 Å². The minimum atomic E-state index is -0.724. The first-order chi connectivity index (χ1) is 9.78. The molecule has 0 aliphatic rings. The summed E-state index contributed by atoms with van der Waals surface area (Å²) >= 11 is 0. The van der Waals surface area contributed by atoms with Crippen LogP contribution in [0.1, 0.15) is 31.3 Å². The molecule has 1 aromatic heterocycles. The fraction of sp³-hybridized carbons (Fsp3) is 0.417. The van der Waals surface area contributed by atoms with Gasteiger partial charge < -0.3 is 10.1 Å². The summed E-state index contributed by atoms with van der Waals surface area (Å²) < 4.78 is 4.95. The number of hydrazine groups is 1. The van der Waals surface area contributed by atoms with Gasteiger partial charge in [0.1, 0.15) is 17.8 Å². The Morgan fingerprint density at radius 3 is 2.48 bits per heavy atom. The monoisotopic (exact) mass is 295 g/mol. The van der Waals surface area contributed by atoms with Crippen LogP contribution in [0.25, 0.3) is 0 Å². The molecule has 0 aliphatic heterocycles. The molecule has 0 radical (unpaired) electrons. The predicted octanol–water partition coefficient (Wildman–Crippen LogP) is -0.238. The second-order valence-corrected chi connectivity index (χ2v) is 4.95. The fourth-order valence-electron chi connectivity index (χ4n) is 1.12. The quantitative estimate of drug-likeness (QED) is 0.662. The summed E-state index contributed by atoms with van der Waals surface area (Å²) in [6.45, 7) is 4.77. The molecular formula is C12H17N5O4. The molecule has 0 fully saturated rings. The van der Waals surface area contributed by atoms with E-state index in [1.54, 1.807) is 20.8 Å². The smallest absolute Gasteiger partial charge is 0.408 e. The summed E-state index contributed by atoms with van der Waals surface area (Å²) in [5, 5.41) is 2.25. The van der Waals surface area contributed by atoms with Crippen LogP contribution < -0.4 is 16.2 Å². The van der Waals surface area contributed by atoms with E-state index in [0.29, 0.717) is 0 Å². The summed E-state index contributed by atoms with van der Waals surface area (Å²) in [7, 11) is 0. The fourth-order valence-corrected chi connectivity index (χ4v) is 1.12. The van der Waals surface area contributed by atoms with Crippen LogP contribution in [0.3, 0.4) is 0 Å². The Bertz CT molecular complexity index is 512. The Morgan fingerprint density at radius 2 is 1.90 bits per heavy atom. The van der Waals surface area contributed by atoms with E-state index in [0.717, 1.165) is 0 Å². The van der Waals surface area contributed by atoms with Gasteiger partial charge in [-0.05, 0) is 20.8 Å². The van der Waals surface area contributed by atoms with Crippen LogP contribution in [0.15, 0.2) is 18.6 Å². The van der Waals surface area contributed by atoms with Crippen molar-refractivity contribution in [2.75, 3.05) is 6.54 Å². The van der Waals surface area contributed by atoms with Crippen molar-refractivity contribution < 1.29 is 19.1 Å². The van der Waals surface area contributed by atoms with Crippen LogP contribution in [-0.4, -0.2) is 40.0 Å². The van der Waals surface area contributed by atoms with Gasteiger partial charge in [0.05, 0.1) is 6.20 Å². The van der Waals surface area contributed by atoms with E-state index in [9.17, 15) is 14.4 Å². The second-order valence-electron chi connectivity index (χ2n) is 4.95. The first-order valence-corrected chi connectivity index (χ1v) is 6.10. The maximum Gasteiger partial charge on any atom is 0.408 e. The third-order valence-electron chi connectivity index (χ3n) is 1.90. The zero-order valence-corrected chi connectivity index (χ0v) is 12.0. The highest BCUT2D eigenvalue weighted by molar-refractivity contribution is 5.93. The Labute approximate surface area is 121 Å². The maximum atomic E-state index is 11.5. The SMILES string of the molecule is CC(C)(C)OC(=O)NCC(=O)NNC(=O)c1cnccn1. The number of alkyl carbamates (subject to hydrolysis) is 1. The van der Waals surface area contributed by atoms with Crippen molar-refractivity contribution in [1.29, 1.82) is 0 Å². The Hall–Kier alpha value is -2.71. The molecule has 1 rings (SSSR count). The number of hydrogen-bond acceptors (Lipinski definition) is 6. The number of nitrogens with one attached hydrogen (secondary N) is 3. The largest absolute Gasteiger partial charge is 0.444 e. The molecule has 3 amide bonds. The van der Waals surface area contributed by atoms with Gasteiger partial charge in [0, 0.05) is 12.4 Å². The zero-order chi connectivity index (χ0) is 15.9. The van der Waals surface area contributed by atoms with Crippen molar-refractivity contribution in [2.24, 2.45) is 0 Å². The highest BCUT2D eigenvalue weighted by atomic mass is 16.6. The minimum Gasteiger partial charge on any atom is -0.444 e.